The lowest BCUT2D eigenvalue weighted by atomic mass is 10.1. The zero-order valence-corrected chi connectivity index (χ0v) is 14.2. The minimum atomic E-state index is -0.603. The lowest BCUT2D eigenvalue weighted by Gasteiger charge is -2.42. The van der Waals surface area contributed by atoms with Crippen LogP contribution in [0.25, 0.3) is 0 Å². The summed E-state index contributed by atoms with van der Waals surface area (Å²) in [5.41, 5.74) is 1.58. The van der Waals surface area contributed by atoms with Crippen molar-refractivity contribution in [3.8, 4) is 0 Å². The molecule has 1 N–H and O–H groups in total. The van der Waals surface area contributed by atoms with Crippen LogP contribution >= 0.6 is 0 Å². The molecule has 0 aliphatic carbocycles. The van der Waals surface area contributed by atoms with Gasteiger partial charge in [0.25, 0.3) is 5.91 Å². The number of hydrogen-bond acceptors (Lipinski definition) is 4. The molecule has 1 aromatic heterocycles. The number of fused-ring (bicyclic) bond motifs is 1. The molecule has 1 aromatic carbocycles. The fraction of sp³-hybridized carbons (Fsp3) is 0.333. The molecule has 0 bridgehead atoms. The van der Waals surface area contributed by atoms with Crippen molar-refractivity contribution >= 4 is 17.7 Å². The van der Waals surface area contributed by atoms with Gasteiger partial charge in [-0.15, -0.1) is 0 Å². The van der Waals surface area contributed by atoms with E-state index in [-0.39, 0.29) is 30.8 Å². The van der Waals surface area contributed by atoms with Gasteiger partial charge in [0.1, 0.15) is 6.04 Å². The van der Waals surface area contributed by atoms with Crippen LogP contribution in [0, 0.1) is 0 Å². The number of hydrogen-bond donors (Lipinski definition) is 1. The molecule has 26 heavy (non-hydrogen) atoms. The maximum Gasteiger partial charge on any atom is 0.257 e. The molecule has 2 saturated heterocycles. The van der Waals surface area contributed by atoms with Crippen LogP contribution in [0.2, 0.25) is 0 Å². The summed E-state index contributed by atoms with van der Waals surface area (Å²) >= 11 is 0. The van der Waals surface area contributed by atoms with Crippen molar-refractivity contribution in [1.29, 1.82) is 0 Å². The molecule has 134 valence electrons. The third-order valence-electron chi connectivity index (χ3n) is 4.77. The van der Waals surface area contributed by atoms with Crippen molar-refractivity contribution in [3.05, 3.63) is 53.9 Å². The minimum absolute atomic E-state index is 0.0372. The fourth-order valence-electron chi connectivity index (χ4n) is 3.39. The molecule has 0 unspecified atom stereocenters. The van der Waals surface area contributed by atoms with Crippen molar-refractivity contribution in [2.75, 3.05) is 26.2 Å². The number of carbonyl (C=O) groups excluding carboxylic acids is 3. The maximum atomic E-state index is 12.8. The topological polar surface area (TPSA) is 87.5 Å². The van der Waals surface area contributed by atoms with Gasteiger partial charge in [-0.25, -0.2) is 0 Å². The van der Waals surface area contributed by atoms with E-state index in [4.69, 9.17) is 0 Å². The van der Waals surface area contributed by atoms with E-state index < -0.39 is 6.04 Å². The summed E-state index contributed by atoms with van der Waals surface area (Å²) < 4.78 is 1.72. The quantitative estimate of drug-likeness (QED) is 0.822. The second-order valence-corrected chi connectivity index (χ2v) is 6.48. The van der Waals surface area contributed by atoms with Crippen LogP contribution in [0.4, 0.5) is 0 Å². The molecule has 8 nitrogen and oxygen atoms in total. The third-order valence-corrected chi connectivity index (χ3v) is 4.77. The molecule has 3 amide bonds. The van der Waals surface area contributed by atoms with Crippen LogP contribution in [-0.4, -0.2) is 69.5 Å². The average Bonchev–Trinajstić information content (AvgIpc) is 3.13. The van der Waals surface area contributed by atoms with Crippen LogP contribution in [0.15, 0.2) is 42.7 Å². The van der Waals surface area contributed by atoms with Gasteiger partial charge in [0, 0.05) is 19.3 Å². The summed E-state index contributed by atoms with van der Waals surface area (Å²) in [5.74, 6) is -0.478. The van der Waals surface area contributed by atoms with Gasteiger partial charge in [0.2, 0.25) is 11.8 Å². The number of piperazine rings is 2. The molecule has 1 atom stereocenters. The lowest BCUT2D eigenvalue weighted by Crippen LogP contribution is -2.66. The summed E-state index contributed by atoms with van der Waals surface area (Å²) in [6, 6.07) is 9.27. The number of rotatable bonds is 3. The lowest BCUT2D eigenvalue weighted by molar-refractivity contribution is -0.148. The monoisotopic (exact) mass is 353 g/mol. The summed E-state index contributed by atoms with van der Waals surface area (Å²) in [5, 5.41) is 6.84. The number of aromatic nitrogens is 2. The molecular formula is C18H19N5O3. The van der Waals surface area contributed by atoms with E-state index in [2.05, 4.69) is 10.4 Å². The van der Waals surface area contributed by atoms with Gasteiger partial charge in [-0.3, -0.25) is 19.1 Å². The summed E-state index contributed by atoms with van der Waals surface area (Å²) in [6.07, 6.45) is 3.26. The normalized spacial score (nSPS) is 19.9. The van der Waals surface area contributed by atoms with Crippen LogP contribution in [-0.2, 0) is 16.1 Å². The Morgan fingerprint density at radius 1 is 1.19 bits per heavy atom. The van der Waals surface area contributed by atoms with E-state index in [1.807, 2.05) is 30.3 Å². The first kappa shape index (κ1) is 16.3. The third kappa shape index (κ3) is 3.05. The SMILES string of the molecule is O=C1NCC(=O)N2CCN(C(=O)c3cnn(Cc4ccccc4)c3)C[C@H]12. The van der Waals surface area contributed by atoms with Gasteiger partial charge in [0.05, 0.1) is 31.4 Å². The molecule has 0 radical (unpaired) electrons. The second kappa shape index (κ2) is 6.62. The first-order chi connectivity index (χ1) is 12.6. The second-order valence-electron chi connectivity index (χ2n) is 6.48. The molecular weight excluding hydrogens is 334 g/mol. The fourth-order valence-corrected chi connectivity index (χ4v) is 3.39. The van der Waals surface area contributed by atoms with Gasteiger partial charge in [-0.1, -0.05) is 30.3 Å². The Balaban J connectivity index is 1.45. The van der Waals surface area contributed by atoms with Gasteiger partial charge in [-0.2, -0.15) is 5.10 Å². The molecule has 0 spiro atoms. The predicted octanol–water partition coefficient (Wildman–Crippen LogP) is -0.286. The molecule has 4 rings (SSSR count). The van der Waals surface area contributed by atoms with Crippen molar-refractivity contribution < 1.29 is 14.4 Å². The van der Waals surface area contributed by atoms with E-state index in [0.717, 1.165) is 5.56 Å². The summed E-state index contributed by atoms with van der Waals surface area (Å²) in [7, 11) is 0. The first-order valence-corrected chi connectivity index (χ1v) is 8.54. The molecule has 2 aromatic rings. The minimum Gasteiger partial charge on any atom is -0.345 e. The van der Waals surface area contributed by atoms with E-state index >= 15 is 0 Å². The molecule has 2 aliphatic heterocycles. The largest absolute Gasteiger partial charge is 0.345 e. The first-order valence-electron chi connectivity index (χ1n) is 8.54. The highest BCUT2D eigenvalue weighted by molar-refractivity contribution is 5.97. The zero-order valence-electron chi connectivity index (χ0n) is 14.2. The van der Waals surface area contributed by atoms with Crippen molar-refractivity contribution in [2.45, 2.75) is 12.6 Å². The Morgan fingerprint density at radius 2 is 2.00 bits per heavy atom. The molecule has 2 fully saturated rings. The van der Waals surface area contributed by atoms with Crippen molar-refractivity contribution in [2.24, 2.45) is 0 Å². The Labute approximate surface area is 150 Å². The Hall–Kier alpha value is -3.16. The maximum absolute atomic E-state index is 12.8. The average molecular weight is 353 g/mol. The van der Waals surface area contributed by atoms with Crippen molar-refractivity contribution in [3.63, 3.8) is 0 Å². The number of nitrogens with one attached hydrogen (secondary N) is 1. The van der Waals surface area contributed by atoms with Gasteiger partial charge < -0.3 is 15.1 Å². The Bertz CT molecular complexity index is 848. The smallest absolute Gasteiger partial charge is 0.257 e. The Morgan fingerprint density at radius 3 is 2.81 bits per heavy atom. The van der Waals surface area contributed by atoms with Crippen LogP contribution in [0.1, 0.15) is 15.9 Å². The van der Waals surface area contributed by atoms with E-state index in [0.29, 0.717) is 25.2 Å². The predicted molar refractivity (Wildman–Crippen MR) is 92.2 cm³/mol. The molecule has 3 heterocycles. The van der Waals surface area contributed by atoms with Crippen LogP contribution in [0.5, 0.6) is 0 Å². The summed E-state index contributed by atoms with van der Waals surface area (Å²) in [6.45, 7) is 1.62. The highest BCUT2D eigenvalue weighted by atomic mass is 16.2. The summed E-state index contributed by atoms with van der Waals surface area (Å²) in [4.78, 5) is 39.9. The standard InChI is InChI=1S/C18H19N5O3/c24-16-9-19-17(25)15-12-21(6-7-23(15)16)18(26)14-8-20-22(11-14)10-13-4-2-1-3-5-13/h1-5,8,11,15H,6-7,9-10,12H2,(H,19,25)/t15-/m1/s1. The molecule has 2 aliphatic rings. The van der Waals surface area contributed by atoms with Crippen LogP contribution < -0.4 is 5.32 Å². The van der Waals surface area contributed by atoms with Gasteiger partial charge in [0.15, 0.2) is 0 Å². The van der Waals surface area contributed by atoms with Gasteiger partial charge >= 0.3 is 0 Å². The molecule has 0 saturated carbocycles. The van der Waals surface area contributed by atoms with E-state index in [1.165, 1.54) is 0 Å². The highest BCUT2D eigenvalue weighted by Crippen LogP contribution is 2.16. The number of nitrogens with zero attached hydrogens (tertiary/aromatic N) is 4. The molecule has 8 heteroatoms. The van der Waals surface area contributed by atoms with E-state index in [9.17, 15) is 14.4 Å². The van der Waals surface area contributed by atoms with Crippen molar-refractivity contribution in [1.82, 2.24) is 24.9 Å². The highest BCUT2D eigenvalue weighted by Gasteiger charge is 2.40. The number of carbonyl (C=O) groups is 3. The number of amides is 3. The zero-order chi connectivity index (χ0) is 18.1. The number of benzene rings is 1. The Kier molecular flexibility index (Phi) is 4.16. The van der Waals surface area contributed by atoms with Gasteiger partial charge in [-0.05, 0) is 5.56 Å². The van der Waals surface area contributed by atoms with E-state index in [1.54, 1.807) is 26.9 Å². The van der Waals surface area contributed by atoms with Crippen LogP contribution in [0.3, 0.4) is 0 Å².